The van der Waals surface area contributed by atoms with Gasteiger partial charge >= 0.3 is 24.0 Å². The molecule has 0 aliphatic carbocycles. The van der Waals surface area contributed by atoms with Crippen molar-refractivity contribution >= 4 is 31.4 Å². The maximum absolute atomic E-state index is 13.6. The van der Waals surface area contributed by atoms with Crippen molar-refractivity contribution in [3.8, 4) is 11.5 Å². The molecule has 1 aliphatic rings. The first-order valence-electron chi connectivity index (χ1n) is 13.9. The molecule has 240 valence electrons. The number of methoxy groups -OCH3 is 1. The monoisotopic (exact) mass is 627 g/mol. The van der Waals surface area contributed by atoms with Crippen LogP contribution in [0.25, 0.3) is 0 Å². The molecule has 0 saturated heterocycles. The standard InChI is InChI=1S/C28H42N3O11P/c1-8-39-25(33)18(5)30-43(37,31-19(6)26(34)40-9-2)13-12-29-28(36)42-14-16(3)10-11-20-23(32)22-21(15-41-27(22)35)17(4)24(20)38-7/h10,18-19,32H,8-9,11-15H2,1-7H3,(H,29,36)(H2,30,31,37)/t18-,19-/m0/s1. The minimum Gasteiger partial charge on any atom is -0.507 e. The summed E-state index contributed by atoms with van der Waals surface area (Å²) in [5, 5.41) is 18.6. The van der Waals surface area contributed by atoms with Crippen LogP contribution in [-0.2, 0) is 46.1 Å². The summed E-state index contributed by atoms with van der Waals surface area (Å²) in [4.78, 5) is 48.6. The average Bonchev–Trinajstić information content (AvgIpc) is 3.34. The zero-order valence-corrected chi connectivity index (χ0v) is 26.6. The fourth-order valence-corrected chi connectivity index (χ4v) is 6.56. The molecule has 0 saturated carbocycles. The average molecular weight is 628 g/mol. The second kappa shape index (κ2) is 16.3. The summed E-state index contributed by atoms with van der Waals surface area (Å²) in [5.41, 5.74) is 2.48. The Labute approximate surface area is 251 Å². The highest BCUT2D eigenvalue weighted by molar-refractivity contribution is 7.60. The highest BCUT2D eigenvalue weighted by Crippen LogP contribution is 2.42. The highest BCUT2D eigenvalue weighted by atomic mass is 31.2. The van der Waals surface area contributed by atoms with Gasteiger partial charge in [-0.25, -0.2) is 19.8 Å². The van der Waals surface area contributed by atoms with Gasteiger partial charge in [0.1, 0.15) is 42.4 Å². The predicted molar refractivity (Wildman–Crippen MR) is 156 cm³/mol. The van der Waals surface area contributed by atoms with Crippen LogP contribution in [0.15, 0.2) is 11.6 Å². The molecular formula is C28H42N3O11P. The van der Waals surface area contributed by atoms with E-state index in [4.69, 9.17) is 23.7 Å². The van der Waals surface area contributed by atoms with E-state index < -0.39 is 43.5 Å². The van der Waals surface area contributed by atoms with Crippen LogP contribution in [0.1, 0.15) is 61.7 Å². The molecule has 1 aliphatic heterocycles. The van der Waals surface area contributed by atoms with Gasteiger partial charge in [0.25, 0.3) is 0 Å². The van der Waals surface area contributed by atoms with Gasteiger partial charge in [-0.1, -0.05) is 6.08 Å². The van der Waals surface area contributed by atoms with Crippen LogP contribution < -0.4 is 20.2 Å². The van der Waals surface area contributed by atoms with Crippen LogP contribution in [0.5, 0.6) is 11.5 Å². The number of rotatable bonds is 16. The van der Waals surface area contributed by atoms with Crippen molar-refractivity contribution in [1.29, 1.82) is 0 Å². The first-order chi connectivity index (χ1) is 20.3. The third kappa shape index (κ3) is 9.70. The number of phenolic OH excluding ortho intramolecular Hbond substituents is 1. The summed E-state index contributed by atoms with van der Waals surface area (Å²) in [6, 6.07) is -1.91. The van der Waals surface area contributed by atoms with Gasteiger partial charge in [0.05, 0.1) is 20.3 Å². The molecule has 2 atom stereocenters. The Kier molecular flexibility index (Phi) is 13.5. The first kappa shape index (κ1) is 35.6. The summed E-state index contributed by atoms with van der Waals surface area (Å²) < 4.78 is 39.3. The minimum absolute atomic E-state index is 0.0679. The number of ether oxygens (including phenoxy) is 5. The molecule has 0 spiro atoms. The fraction of sp³-hybridized carbons (Fsp3) is 0.571. The summed E-state index contributed by atoms with van der Waals surface area (Å²) in [7, 11) is -2.13. The second-order valence-corrected chi connectivity index (χ2v) is 12.3. The number of allylic oxidation sites excluding steroid dienone is 1. The molecule has 0 aromatic heterocycles. The lowest BCUT2D eigenvalue weighted by atomic mass is 9.95. The lowest BCUT2D eigenvalue weighted by Crippen LogP contribution is -2.43. The molecule has 2 rings (SSSR count). The number of carbonyl (C=O) groups excluding carboxylic acids is 4. The Morgan fingerprint density at radius 3 is 2.19 bits per heavy atom. The number of carbonyl (C=O) groups is 4. The number of amides is 1. The number of alkyl carbamates (subject to hydrolysis) is 1. The summed E-state index contributed by atoms with van der Waals surface area (Å²) >= 11 is 0. The molecule has 1 aromatic carbocycles. The Bertz CT molecular complexity index is 1250. The van der Waals surface area contributed by atoms with Crippen LogP contribution in [0.3, 0.4) is 0 Å². The van der Waals surface area contributed by atoms with Gasteiger partial charge in [-0.3, -0.25) is 14.2 Å². The normalized spacial score (nSPS) is 14.3. The molecule has 15 heteroatoms. The van der Waals surface area contributed by atoms with Crippen LogP contribution in [0, 0.1) is 6.92 Å². The van der Waals surface area contributed by atoms with E-state index in [1.807, 2.05) is 0 Å². The lowest BCUT2D eigenvalue weighted by Gasteiger charge is -2.26. The van der Waals surface area contributed by atoms with E-state index in [9.17, 15) is 28.8 Å². The molecule has 43 heavy (non-hydrogen) atoms. The number of esters is 3. The van der Waals surface area contributed by atoms with E-state index in [2.05, 4.69) is 15.5 Å². The van der Waals surface area contributed by atoms with Gasteiger partial charge in [0.2, 0.25) is 7.44 Å². The molecular weight excluding hydrogens is 585 g/mol. The molecule has 1 aromatic rings. The Hall–Kier alpha value is -3.61. The van der Waals surface area contributed by atoms with Crippen molar-refractivity contribution in [2.75, 3.05) is 39.6 Å². The summed E-state index contributed by atoms with van der Waals surface area (Å²) in [6.07, 6.45) is 0.981. The molecule has 4 N–H and O–H groups in total. The van der Waals surface area contributed by atoms with Crippen molar-refractivity contribution in [3.63, 3.8) is 0 Å². The summed E-state index contributed by atoms with van der Waals surface area (Å²) in [6.45, 7) is 9.89. The third-order valence-corrected chi connectivity index (χ3v) is 8.98. The number of cyclic esters (lactones) is 1. The van der Waals surface area contributed by atoms with Crippen LogP contribution in [-0.4, -0.2) is 80.8 Å². The first-order valence-corrected chi connectivity index (χ1v) is 15.8. The molecule has 0 unspecified atom stereocenters. The largest absolute Gasteiger partial charge is 0.507 e. The number of benzene rings is 1. The molecule has 0 fully saturated rings. The van der Waals surface area contributed by atoms with Crippen molar-refractivity contribution < 1.29 is 52.5 Å². The SMILES string of the molecule is CCOC(=O)[C@H](C)NP(=O)(CCNC(=O)OCC(C)=CCc1c(O)c2c(c(C)c1OC)COC2=O)N[C@@H](C)C(=O)OCC. The van der Waals surface area contributed by atoms with E-state index in [-0.39, 0.29) is 56.9 Å². The lowest BCUT2D eigenvalue weighted by molar-refractivity contribution is -0.145. The molecule has 0 radical (unpaired) electrons. The quantitative estimate of drug-likeness (QED) is 0.0907. The van der Waals surface area contributed by atoms with Crippen LogP contribution in [0.4, 0.5) is 4.79 Å². The molecule has 0 bridgehead atoms. The number of phenols is 1. The van der Waals surface area contributed by atoms with E-state index in [1.54, 1.807) is 33.8 Å². The highest BCUT2D eigenvalue weighted by Gasteiger charge is 2.33. The minimum atomic E-state index is -3.60. The van der Waals surface area contributed by atoms with E-state index in [0.717, 1.165) is 0 Å². The van der Waals surface area contributed by atoms with Gasteiger partial charge in [-0.05, 0) is 59.1 Å². The van der Waals surface area contributed by atoms with Crippen LogP contribution >= 0.6 is 7.44 Å². The topological polar surface area (TPSA) is 188 Å². The Balaban J connectivity index is 1.99. The second-order valence-electron chi connectivity index (χ2n) is 9.84. The van der Waals surface area contributed by atoms with Crippen molar-refractivity contribution in [2.24, 2.45) is 0 Å². The van der Waals surface area contributed by atoms with Crippen molar-refractivity contribution in [3.05, 3.63) is 33.9 Å². The van der Waals surface area contributed by atoms with Gasteiger partial charge < -0.3 is 34.1 Å². The van der Waals surface area contributed by atoms with Gasteiger partial charge in [0, 0.05) is 23.8 Å². The number of nitrogens with one attached hydrogen (secondary N) is 3. The maximum Gasteiger partial charge on any atom is 0.407 e. The van der Waals surface area contributed by atoms with Crippen LogP contribution in [0.2, 0.25) is 0 Å². The Morgan fingerprint density at radius 2 is 1.65 bits per heavy atom. The van der Waals surface area contributed by atoms with E-state index >= 15 is 0 Å². The number of hydrogen-bond acceptors (Lipinski definition) is 11. The van der Waals surface area contributed by atoms with E-state index in [1.165, 1.54) is 21.0 Å². The van der Waals surface area contributed by atoms with Crippen molar-refractivity contribution in [2.45, 2.75) is 66.7 Å². The number of aromatic hydroxyl groups is 1. The third-order valence-electron chi connectivity index (χ3n) is 6.51. The maximum atomic E-state index is 13.6. The van der Waals surface area contributed by atoms with Crippen molar-refractivity contribution in [1.82, 2.24) is 15.5 Å². The molecule has 1 amide bonds. The van der Waals surface area contributed by atoms with E-state index in [0.29, 0.717) is 28.0 Å². The predicted octanol–water partition coefficient (Wildman–Crippen LogP) is 2.87. The molecule has 1 heterocycles. The smallest absolute Gasteiger partial charge is 0.407 e. The van der Waals surface area contributed by atoms with Gasteiger partial charge in [-0.2, -0.15) is 0 Å². The molecule has 14 nitrogen and oxygen atoms in total. The number of hydrogen-bond donors (Lipinski definition) is 4. The number of fused-ring (bicyclic) bond motifs is 1. The zero-order valence-electron chi connectivity index (χ0n) is 25.7. The summed E-state index contributed by atoms with van der Waals surface area (Å²) in [5.74, 6) is -1.60. The zero-order chi connectivity index (χ0) is 32.3. The Morgan fingerprint density at radius 1 is 1.07 bits per heavy atom. The fourth-order valence-electron chi connectivity index (χ4n) is 4.34. The van der Waals surface area contributed by atoms with Gasteiger partial charge in [-0.15, -0.1) is 0 Å². The van der Waals surface area contributed by atoms with Gasteiger partial charge in [0.15, 0.2) is 0 Å².